The fourth-order valence-electron chi connectivity index (χ4n) is 4.96. The van der Waals surface area contributed by atoms with E-state index in [2.05, 4.69) is 44.7 Å². The van der Waals surface area contributed by atoms with E-state index in [4.69, 9.17) is 21.6 Å². The molecule has 4 heterocycles. The SMILES string of the molecule is Cc1cc(Nc2cc(N3CC[C@H](N(C)C)C3)nc(NC3CCN(C(=O)c4cccc(Cl)c4F)CC3)n2)n[nH]1. The number of likely N-dealkylation sites (N-methyl/N-ethyl adjacent to an activating group) is 1. The zero-order chi connectivity index (χ0) is 26.8. The lowest BCUT2D eigenvalue weighted by atomic mass is 10.0. The highest BCUT2D eigenvalue weighted by molar-refractivity contribution is 6.31. The number of halogens is 2. The number of aromatic amines is 1. The summed E-state index contributed by atoms with van der Waals surface area (Å²) in [4.78, 5) is 28.6. The fourth-order valence-corrected chi connectivity index (χ4v) is 5.13. The number of benzene rings is 1. The zero-order valence-corrected chi connectivity index (χ0v) is 22.6. The standard InChI is InChI=1S/C26H33ClFN9O/c1-16-13-22(34-33-16)30-21-14-23(37-12-9-18(15-37)35(2)3)32-26(31-21)29-17-7-10-36(11-8-17)25(38)19-5-4-6-20(27)24(19)28/h4-6,13-14,17-18H,7-12,15H2,1-3H3,(H3,29,30,31,32,33,34)/t18-/m0/s1. The van der Waals surface area contributed by atoms with Gasteiger partial charge >= 0.3 is 0 Å². The maximum atomic E-state index is 14.4. The Bertz CT molecular complexity index is 1290. The van der Waals surface area contributed by atoms with Crippen molar-refractivity contribution in [2.45, 2.75) is 38.3 Å². The van der Waals surface area contributed by atoms with E-state index in [0.717, 1.165) is 31.0 Å². The van der Waals surface area contributed by atoms with Gasteiger partial charge in [0.15, 0.2) is 11.6 Å². The van der Waals surface area contributed by atoms with Crippen LogP contribution in [0.1, 0.15) is 35.3 Å². The summed E-state index contributed by atoms with van der Waals surface area (Å²) in [7, 11) is 4.21. The molecule has 0 radical (unpaired) electrons. The van der Waals surface area contributed by atoms with Crippen LogP contribution >= 0.6 is 11.6 Å². The third-order valence-corrected chi connectivity index (χ3v) is 7.48. The quantitative estimate of drug-likeness (QED) is 0.413. The van der Waals surface area contributed by atoms with Crippen LogP contribution in [-0.2, 0) is 0 Å². The summed E-state index contributed by atoms with van der Waals surface area (Å²) in [6, 6.07) is 8.92. The molecule has 0 spiro atoms. The lowest BCUT2D eigenvalue weighted by Crippen LogP contribution is -2.43. The van der Waals surface area contributed by atoms with Gasteiger partial charge in [0.05, 0.1) is 10.6 Å². The minimum Gasteiger partial charge on any atom is -0.355 e. The Balaban J connectivity index is 1.28. The molecule has 2 fully saturated rings. The molecule has 1 aromatic carbocycles. The lowest BCUT2D eigenvalue weighted by Gasteiger charge is -2.32. The minimum absolute atomic E-state index is 0.00547. The van der Waals surface area contributed by atoms with E-state index in [9.17, 15) is 9.18 Å². The first-order valence-electron chi connectivity index (χ1n) is 12.9. The largest absolute Gasteiger partial charge is 0.355 e. The number of nitrogens with one attached hydrogen (secondary N) is 3. The number of hydrogen-bond acceptors (Lipinski definition) is 8. The van der Waals surface area contributed by atoms with Gasteiger partial charge in [-0.25, -0.2) is 4.39 Å². The van der Waals surface area contributed by atoms with Crippen molar-refractivity contribution in [3.05, 3.63) is 52.4 Å². The van der Waals surface area contributed by atoms with Crippen molar-refractivity contribution in [2.75, 3.05) is 55.8 Å². The third kappa shape index (κ3) is 5.83. The van der Waals surface area contributed by atoms with Crippen molar-refractivity contribution < 1.29 is 9.18 Å². The molecule has 0 aliphatic carbocycles. The van der Waals surface area contributed by atoms with Crippen LogP contribution in [-0.4, -0.2) is 88.2 Å². The van der Waals surface area contributed by atoms with Crippen LogP contribution in [0, 0.1) is 12.7 Å². The van der Waals surface area contributed by atoms with Crippen LogP contribution in [0.2, 0.25) is 5.02 Å². The highest BCUT2D eigenvalue weighted by Crippen LogP contribution is 2.27. The molecule has 1 amide bonds. The van der Waals surface area contributed by atoms with Gasteiger partial charge in [-0.05, 0) is 52.4 Å². The number of hydrogen-bond donors (Lipinski definition) is 3. The van der Waals surface area contributed by atoms with Crippen LogP contribution in [0.5, 0.6) is 0 Å². The van der Waals surface area contributed by atoms with Crippen molar-refractivity contribution in [3.8, 4) is 0 Å². The highest BCUT2D eigenvalue weighted by atomic mass is 35.5. The number of carbonyl (C=O) groups excluding carboxylic acids is 1. The number of likely N-dealkylation sites (tertiary alicyclic amines) is 1. The normalized spacial score (nSPS) is 18.3. The number of aryl methyl sites for hydroxylation is 1. The molecule has 5 rings (SSSR count). The Morgan fingerprint density at radius 2 is 1.92 bits per heavy atom. The molecule has 2 aliphatic rings. The van der Waals surface area contributed by atoms with Gasteiger partial charge in [-0.1, -0.05) is 17.7 Å². The van der Waals surface area contributed by atoms with Gasteiger partial charge in [-0.15, -0.1) is 0 Å². The molecule has 202 valence electrons. The first kappa shape index (κ1) is 26.2. The number of carbonyl (C=O) groups is 1. The van der Waals surface area contributed by atoms with Gasteiger partial charge < -0.3 is 25.3 Å². The fraction of sp³-hybridized carbons (Fsp3) is 0.462. The van der Waals surface area contributed by atoms with Crippen molar-refractivity contribution in [1.29, 1.82) is 0 Å². The van der Waals surface area contributed by atoms with Crippen molar-refractivity contribution in [2.24, 2.45) is 0 Å². The zero-order valence-electron chi connectivity index (χ0n) is 21.8. The van der Waals surface area contributed by atoms with Crippen molar-refractivity contribution in [3.63, 3.8) is 0 Å². The molecule has 10 nitrogen and oxygen atoms in total. The number of aromatic nitrogens is 4. The molecule has 3 aromatic rings. The Labute approximate surface area is 226 Å². The van der Waals surface area contributed by atoms with Crippen LogP contribution < -0.4 is 15.5 Å². The number of amides is 1. The number of nitrogens with zero attached hydrogens (tertiary/aromatic N) is 6. The smallest absolute Gasteiger partial charge is 0.256 e. The van der Waals surface area contributed by atoms with E-state index < -0.39 is 5.82 Å². The first-order valence-corrected chi connectivity index (χ1v) is 13.2. The summed E-state index contributed by atoms with van der Waals surface area (Å²) in [5.74, 6) is 1.70. The summed E-state index contributed by atoms with van der Waals surface area (Å²) in [6.07, 6.45) is 2.45. The van der Waals surface area contributed by atoms with Gasteiger partial charge in [0.2, 0.25) is 5.95 Å². The topological polar surface area (TPSA) is 105 Å². The maximum absolute atomic E-state index is 14.4. The van der Waals surface area contributed by atoms with E-state index in [1.807, 2.05) is 19.1 Å². The maximum Gasteiger partial charge on any atom is 0.256 e. The third-order valence-electron chi connectivity index (χ3n) is 7.19. The Morgan fingerprint density at radius 1 is 1.13 bits per heavy atom. The van der Waals surface area contributed by atoms with Crippen LogP contribution in [0.3, 0.4) is 0 Å². The number of anilines is 4. The molecule has 1 atom stereocenters. The summed E-state index contributed by atoms with van der Waals surface area (Å²) in [5.41, 5.74) is 0.957. The number of rotatable bonds is 7. The summed E-state index contributed by atoms with van der Waals surface area (Å²) < 4.78 is 14.4. The summed E-state index contributed by atoms with van der Waals surface area (Å²) in [6.45, 7) is 4.75. The predicted octanol–water partition coefficient (Wildman–Crippen LogP) is 3.90. The predicted molar refractivity (Wildman–Crippen MR) is 147 cm³/mol. The molecule has 0 saturated carbocycles. The van der Waals surface area contributed by atoms with Crippen LogP contribution in [0.25, 0.3) is 0 Å². The molecule has 0 bridgehead atoms. The Hall–Kier alpha value is -3.44. The second-order valence-corrected chi connectivity index (χ2v) is 10.6. The molecule has 2 aromatic heterocycles. The molecular weight excluding hydrogens is 509 g/mol. The van der Waals surface area contributed by atoms with Crippen molar-refractivity contribution >= 4 is 40.9 Å². The highest BCUT2D eigenvalue weighted by Gasteiger charge is 2.28. The monoisotopic (exact) mass is 541 g/mol. The van der Waals surface area contributed by atoms with Crippen molar-refractivity contribution in [1.82, 2.24) is 30.0 Å². The number of piperidine rings is 1. The van der Waals surface area contributed by atoms with Crippen LogP contribution in [0.15, 0.2) is 30.3 Å². The average Bonchev–Trinajstić information content (AvgIpc) is 3.55. The van der Waals surface area contributed by atoms with Gasteiger partial charge in [0.25, 0.3) is 5.91 Å². The lowest BCUT2D eigenvalue weighted by molar-refractivity contribution is 0.0713. The van der Waals surface area contributed by atoms with Gasteiger partial charge in [-0.3, -0.25) is 9.89 Å². The van der Waals surface area contributed by atoms with E-state index in [-0.39, 0.29) is 22.5 Å². The number of H-pyrrole nitrogens is 1. The molecule has 2 aliphatic heterocycles. The first-order chi connectivity index (χ1) is 18.3. The van der Waals surface area contributed by atoms with E-state index in [1.54, 1.807) is 11.0 Å². The Morgan fingerprint density at radius 3 is 2.61 bits per heavy atom. The second-order valence-electron chi connectivity index (χ2n) is 10.2. The van der Waals surface area contributed by atoms with Gasteiger partial charge in [0.1, 0.15) is 11.6 Å². The van der Waals surface area contributed by atoms with Gasteiger partial charge in [-0.2, -0.15) is 15.1 Å². The second kappa shape index (κ2) is 11.1. The molecule has 2 saturated heterocycles. The van der Waals surface area contributed by atoms with E-state index in [1.165, 1.54) is 12.1 Å². The molecule has 38 heavy (non-hydrogen) atoms. The molecule has 0 unspecified atom stereocenters. The molecule has 3 N–H and O–H groups in total. The van der Waals surface area contributed by atoms with Gasteiger partial charge in [0, 0.05) is 56.1 Å². The molecule has 12 heteroatoms. The van der Waals surface area contributed by atoms with E-state index in [0.29, 0.717) is 49.6 Å². The molecular formula is C26H33ClFN9O. The minimum atomic E-state index is -0.671. The summed E-state index contributed by atoms with van der Waals surface area (Å²) >= 11 is 5.87. The van der Waals surface area contributed by atoms with E-state index >= 15 is 0 Å². The summed E-state index contributed by atoms with van der Waals surface area (Å²) in [5, 5.41) is 13.9. The Kier molecular flexibility index (Phi) is 7.66. The average molecular weight is 542 g/mol. The van der Waals surface area contributed by atoms with Crippen LogP contribution in [0.4, 0.5) is 27.8 Å².